The van der Waals surface area contributed by atoms with Gasteiger partial charge in [-0.05, 0) is 44.4 Å². The molecule has 1 N–H and O–H groups in total. The van der Waals surface area contributed by atoms with Crippen LogP contribution in [-0.2, 0) is 0 Å². The van der Waals surface area contributed by atoms with Gasteiger partial charge in [0.05, 0.1) is 6.61 Å². The van der Waals surface area contributed by atoms with Crippen LogP contribution in [0.2, 0.25) is 0 Å². The molecule has 0 radical (unpaired) electrons. The number of amides is 1. The van der Waals surface area contributed by atoms with Crippen molar-refractivity contribution in [3.8, 4) is 11.8 Å². The Kier molecular flexibility index (Phi) is 4.81. The van der Waals surface area contributed by atoms with E-state index in [9.17, 15) is 4.79 Å². The third kappa shape index (κ3) is 3.40. The van der Waals surface area contributed by atoms with Crippen LogP contribution < -0.4 is 0 Å². The SMILES string of the molecule is CCN(C(=O)c1cc(C#CCCO)ccc1C)C1CC1. The minimum atomic E-state index is 0.0654. The lowest BCUT2D eigenvalue weighted by molar-refractivity contribution is 0.0752. The molecule has 1 aromatic rings. The quantitative estimate of drug-likeness (QED) is 0.854. The zero-order valence-electron chi connectivity index (χ0n) is 12.1. The summed E-state index contributed by atoms with van der Waals surface area (Å²) >= 11 is 0. The van der Waals surface area contributed by atoms with Crippen LogP contribution in [-0.4, -0.2) is 35.1 Å². The van der Waals surface area contributed by atoms with Gasteiger partial charge in [-0.2, -0.15) is 0 Å². The molecule has 1 saturated carbocycles. The molecule has 3 heteroatoms. The van der Waals surface area contributed by atoms with E-state index in [-0.39, 0.29) is 12.5 Å². The Hall–Kier alpha value is -1.79. The first-order chi connectivity index (χ1) is 9.67. The van der Waals surface area contributed by atoms with Crippen molar-refractivity contribution in [1.29, 1.82) is 0 Å². The summed E-state index contributed by atoms with van der Waals surface area (Å²) in [5.41, 5.74) is 2.57. The Balaban J connectivity index is 2.24. The molecular weight excluding hydrogens is 250 g/mol. The number of aliphatic hydroxyl groups is 1. The highest BCUT2D eigenvalue weighted by Crippen LogP contribution is 2.28. The number of rotatable bonds is 4. The van der Waals surface area contributed by atoms with Crippen molar-refractivity contribution in [3.05, 3.63) is 34.9 Å². The molecule has 0 heterocycles. The Morgan fingerprint density at radius 2 is 2.20 bits per heavy atom. The van der Waals surface area contributed by atoms with E-state index in [4.69, 9.17) is 5.11 Å². The van der Waals surface area contributed by atoms with E-state index in [0.717, 1.165) is 36.1 Å². The standard InChI is InChI=1S/C17H21NO2/c1-3-18(15-9-10-15)17(20)16-12-14(6-4-5-11-19)8-7-13(16)2/h7-8,12,15,19H,3,5,9-11H2,1-2H3. The lowest BCUT2D eigenvalue weighted by atomic mass is 10.0. The monoisotopic (exact) mass is 271 g/mol. The van der Waals surface area contributed by atoms with Crippen LogP contribution in [0.1, 0.15) is 47.7 Å². The number of hydrogen-bond acceptors (Lipinski definition) is 2. The molecule has 2 rings (SSSR count). The summed E-state index contributed by atoms with van der Waals surface area (Å²) in [7, 11) is 0. The molecule has 1 aliphatic rings. The van der Waals surface area contributed by atoms with Gasteiger partial charge in [-0.1, -0.05) is 17.9 Å². The second-order valence-electron chi connectivity index (χ2n) is 5.13. The molecule has 0 aliphatic heterocycles. The molecule has 1 fully saturated rings. The zero-order valence-corrected chi connectivity index (χ0v) is 12.1. The minimum absolute atomic E-state index is 0.0654. The predicted octanol–water partition coefficient (Wildman–Crippen LogP) is 2.35. The van der Waals surface area contributed by atoms with Gasteiger partial charge < -0.3 is 10.0 Å². The van der Waals surface area contributed by atoms with Crippen LogP contribution in [0, 0.1) is 18.8 Å². The first-order valence-corrected chi connectivity index (χ1v) is 7.18. The number of nitrogens with zero attached hydrogens (tertiary/aromatic N) is 1. The Labute approximate surface area is 120 Å². The molecule has 3 nitrogen and oxygen atoms in total. The van der Waals surface area contributed by atoms with Crippen molar-refractivity contribution in [2.24, 2.45) is 0 Å². The van der Waals surface area contributed by atoms with Crippen molar-refractivity contribution < 1.29 is 9.90 Å². The second kappa shape index (κ2) is 6.58. The Morgan fingerprint density at radius 3 is 2.80 bits per heavy atom. The van der Waals surface area contributed by atoms with Gasteiger partial charge in [-0.15, -0.1) is 0 Å². The molecule has 106 valence electrons. The van der Waals surface area contributed by atoms with E-state index < -0.39 is 0 Å². The smallest absolute Gasteiger partial charge is 0.254 e. The van der Waals surface area contributed by atoms with E-state index in [0.29, 0.717) is 12.5 Å². The molecule has 0 spiro atoms. The van der Waals surface area contributed by atoms with Gasteiger partial charge >= 0.3 is 0 Å². The summed E-state index contributed by atoms with van der Waals surface area (Å²) in [6, 6.07) is 6.16. The van der Waals surface area contributed by atoms with E-state index in [1.165, 1.54) is 0 Å². The predicted molar refractivity (Wildman–Crippen MR) is 79.5 cm³/mol. The van der Waals surface area contributed by atoms with Crippen molar-refractivity contribution in [3.63, 3.8) is 0 Å². The third-order valence-electron chi connectivity index (χ3n) is 3.53. The van der Waals surface area contributed by atoms with Crippen LogP contribution >= 0.6 is 0 Å². The van der Waals surface area contributed by atoms with Crippen LogP contribution in [0.3, 0.4) is 0 Å². The van der Waals surface area contributed by atoms with Crippen molar-refractivity contribution in [2.45, 2.75) is 39.2 Å². The lowest BCUT2D eigenvalue weighted by Gasteiger charge is -2.21. The van der Waals surface area contributed by atoms with Gasteiger partial charge in [0.2, 0.25) is 0 Å². The molecule has 0 aromatic heterocycles. The first-order valence-electron chi connectivity index (χ1n) is 7.18. The highest BCUT2D eigenvalue weighted by molar-refractivity contribution is 5.96. The number of carbonyl (C=O) groups excluding carboxylic acids is 1. The topological polar surface area (TPSA) is 40.5 Å². The largest absolute Gasteiger partial charge is 0.395 e. The average Bonchev–Trinajstić information content (AvgIpc) is 3.26. The van der Waals surface area contributed by atoms with Crippen molar-refractivity contribution >= 4 is 5.91 Å². The van der Waals surface area contributed by atoms with Crippen molar-refractivity contribution in [2.75, 3.05) is 13.2 Å². The van der Waals surface area contributed by atoms with Gasteiger partial charge in [0, 0.05) is 30.1 Å². The third-order valence-corrected chi connectivity index (χ3v) is 3.53. The molecule has 1 amide bonds. The molecule has 20 heavy (non-hydrogen) atoms. The van der Waals surface area contributed by atoms with Crippen LogP contribution in [0.5, 0.6) is 0 Å². The Morgan fingerprint density at radius 1 is 1.45 bits per heavy atom. The molecule has 0 bridgehead atoms. The maximum atomic E-state index is 12.6. The number of benzene rings is 1. The van der Waals surface area contributed by atoms with Gasteiger partial charge in [-0.25, -0.2) is 0 Å². The van der Waals surface area contributed by atoms with Gasteiger partial charge in [-0.3, -0.25) is 4.79 Å². The molecule has 0 unspecified atom stereocenters. The summed E-state index contributed by atoms with van der Waals surface area (Å²) in [4.78, 5) is 14.5. The van der Waals surface area contributed by atoms with Crippen molar-refractivity contribution in [1.82, 2.24) is 4.90 Å². The summed E-state index contributed by atoms with van der Waals surface area (Å²) in [6.45, 7) is 4.80. The van der Waals surface area contributed by atoms with Gasteiger partial charge in [0.25, 0.3) is 5.91 Å². The minimum Gasteiger partial charge on any atom is -0.395 e. The number of aryl methyl sites for hydroxylation is 1. The summed E-state index contributed by atoms with van der Waals surface area (Å²) in [5.74, 6) is 5.99. The van der Waals surface area contributed by atoms with Gasteiger partial charge in [0.15, 0.2) is 0 Å². The first kappa shape index (κ1) is 14.6. The van der Waals surface area contributed by atoms with Gasteiger partial charge in [0.1, 0.15) is 0 Å². The fourth-order valence-corrected chi connectivity index (χ4v) is 2.26. The van der Waals surface area contributed by atoms with Crippen LogP contribution in [0.4, 0.5) is 0 Å². The normalized spacial score (nSPS) is 13.6. The molecule has 1 aromatic carbocycles. The molecule has 0 atom stereocenters. The Bertz CT molecular complexity index is 550. The van der Waals surface area contributed by atoms with E-state index in [1.54, 1.807) is 0 Å². The highest BCUT2D eigenvalue weighted by atomic mass is 16.2. The number of aliphatic hydroxyl groups excluding tert-OH is 1. The van der Waals surface area contributed by atoms with Crippen LogP contribution in [0.25, 0.3) is 0 Å². The molecule has 1 aliphatic carbocycles. The summed E-state index contributed by atoms with van der Waals surface area (Å²) in [5, 5.41) is 8.74. The number of hydrogen-bond donors (Lipinski definition) is 1. The average molecular weight is 271 g/mol. The maximum absolute atomic E-state index is 12.6. The molecule has 0 saturated heterocycles. The second-order valence-corrected chi connectivity index (χ2v) is 5.13. The zero-order chi connectivity index (χ0) is 14.5. The highest BCUT2D eigenvalue weighted by Gasteiger charge is 2.32. The lowest BCUT2D eigenvalue weighted by Crippen LogP contribution is -2.33. The molecular formula is C17H21NO2. The number of carbonyl (C=O) groups is 1. The fourth-order valence-electron chi connectivity index (χ4n) is 2.26. The fraction of sp³-hybridized carbons (Fsp3) is 0.471. The van der Waals surface area contributed by atoms with E-state index >= 15 is 0 Å². The summed E-state index contributed by atoms with van der Waals surface area (Å²) < 4.78 is 0. The van der Waals surface area contributed by atoms with E-state index in [2.05, 4.69) is 11.8 Å². The maximum Gasteiger partial charge on any atom is 0.254 e. The summed E-state index contributed by atoms with van der Waals surface area (Å²) in [6.07, 6.45) is 2.70. The van der Waals surface area contributed by atoms with E-state index in [1.807, 2.05) is 36.9 Å². The van der Waals surface area contributed by atoms with Crippen LogP contribution in [0.15, 0.2) is 18.2 Å².